The Morgan fingerprint density at radius 2 is 2.24 bits per heavy atom. The molecule has 0 amide bonds. The van der Waals surface area contributed by atoms with E-state index < -0.39 is 5.97 Å². The van der Waals surface area contributed by atoms with Gasteiger partial charge in [0.1, 0.15) is 0 Å². The molecule has 0 spiro atoms. The molecule has 0 aliphatic rings. The maximum Gasteiger partial charge on any atom is 0.355 e. The van der Waals surface area contributed by atoms with E-state index >= 15 is 0 Å². The highest BCUT2D eigenvalue weighted by Crippen LogP contribution is 2.16. The molecular formula is C11H19N3O2S. The van der Waals surface area contributed by atoms with Crippen LogP contribution in [0.3, 0.4) is 0 Å². The minimum absolute atomic E-state index is 0.104. The average molecular weight is 257 g/mol. The van der Waals surface area contributed by atoms with Gasteiger partial charge in [0.05, 0.1) is 0 Å². The number of aromatic carboxylic acids is 1. The van der Waals surface area contributed by atoms with Gasteiger partial charge in [-0.1, -0.05) is 13.8 Å². The molecule has 6 heteroatoms. The Morgan fingerprint density at radius 3 is 2.71 bits per heavy atom. The molecular weight excluding hydrogens is 238 g/mol. The number of hydrogen-bond acceptors (Lipinski definition) is 5. The molecule has 0 aromatic carbocycles. The third kappa shape index (κ3) is 4.32. The standard InChI is InChI=1S/C11H19N3O2S/c1-4-14(5-2)6-8(3)12-11-13-9(7-17-11)10(15)16/h7-8H,4-6H2,1-3H3,(H,12,13)(H,15,16). The maximum atomic E-state index is 10.7. The van der Waals surface area contributed by atoms with Gasteiger partial charge in [-0.05, 0) is 20.0 Å². The molecule has 0 radical (unpaired) electrons. The van der Waals surface area contributed by atoms with Crippen LogP contribution >= 0.6 is 11.3 Å². The van der Waals surface area contributed by atoms with E-state index in [1.54, 1.807) is 5.38 Å². The number of thiazole rings is 1. The van der Waals surface area contributed by atoms with Crippen molar-refractivity contribution in [3.63, 3.8) is 0 Å². The number of likely N-dealkylation sites (N-methyl/N-ethyl adjacent to an activating group) is 1. The van der Waals surface area contributed by atoms with Crippen LogP contribution in [0.2, 0.25) is 0 Å². The van der Waals surface area contributed by atoms with Crippen molar-refractivity contribution < 1.29 is 9.90 Å². The van der Waals surface area contributed by atoms with E-state index in [4.69, 9.17) is 5.11 Å². The number of nitrogens with zero attached hydrogens (tertiary/aromatic N) is 2. The number of carboxylic acids is 1. The molecule has 96 valence electrons. The van der Waals surface area contributed by atoms with Crippen LogP contribution < -0.4 is 5.32 Å². The van der Waals surface area contributed by atoms with Crippen LogP contribution in [-0.4, -0.2) is 46.6 Å². The van der Waals surface area contributed by atoms with Crippen LogP contribution in [0.4, 0.5) is 5.13 Å². The van der Waals surface area contributed by atoms with Gasteiger partial charge in [0.15, 0.2) is 10.8 Å². The summed E-state index contributed by atoms with van der Waals surface area (Å²) in [5, 5.41) is 14.2. The molecule has 1 rings (SSSR count). The van der Waals surface area contributed by atoms with Crippen molar-refractivity contribution in [3.8, 4) is 0 Å². The van der Waals surface area contributed by atoms with E-state index in [0.29, 0.717) is 5.13 Å². The normalized spacial score (nSPS) is 12.7. The van der Waals surface area contributed by atoms with Crippen molar-refractivity contribution in [2.24, 2.45) is 0 Å². The van der Waals surface area contributed by atoms with E-state index in [-0.39, 0.29) is 11.7 Å². The van der Waals surface area contributed by atoms with E-state index in [1.807, 2.05) is 0 Å². The lowest BCUT2D eigenvalue weighted by Gasteiger charge is -2.23. The van der Waals surface area contributed by atoms with Gasteiger partial charge in [0.25, 0.3) is 0 Å². The number of aromatic nitrogens is 1. The van der Waals surface area contributed by atoms with Gasteiger partial charge < -0.3 is 15.3 Å². The zero-order valence-corrected chi connectivity index (χ0v) is 11.3. The molecule has 0 bridgehead atoms. The molecule has 0 aliphatic carbocycles. The van der Waals surface area contributed by atoms with Crippen LogP contribution in [0.15, 0.2) is 5.38 Å². The summed E-state index contributed by atoms with van der Waals surface area (Å²) in [6.07, 6.45) is 0. The summed E-state index contributed by atoms with van der Waals surface area (Å²) in [6, 6.07) is 0.252. The molecule has 5 nitrogen and oxygen atoms in total. The summed E-state index contributed by atoms with van der Waals surface area (Å²) < 4.78 is 0. The van der Waals surface area contributed by atoms with E-state index in [0.717, 1.165) is 19.6 Å². The molecule has 1 atom stereocenters. The SMILES string of the molecule is CCN(CC)CC(C)Nc1nc(C(=O)O)cs1. The van der Waals surface area contributed by atoms with Crippen molar-refractivity contribution in [3.05, 3.63) is 11.1 Å². The zero-order chi connectivity index (χ0) is 12.8. The Bertz CT molecular complexity index is 363. The summed E-state index contributed by atoms with van der Waals surface area (Å²) in [7, 11) is 0. The number of carboxylic acid groups (broad SMARTS) is 1. The minimum atomic E-state index is -0.981. The number of anilines is 1. The Balaban J connectivity index is 2.49. The lowest BCUT2D eigenvalue weighted by Crippen LogP contribution is -2.34. The van der Waals surface area contributed by atoms with Crippen molar-refractivity contribution in [2.45, 2.75) is 26.8 Å². The van der Waals surface area contributed by atoms with Crippen molar-refractivity contribution in [1.82, 2.24) is 9.88 Å². The first-order valence-corrected chi connectivity index (χ1v) is 6.62. The first-order chi connectivity index (χ1) is 8.06. The van der Waals surface area contributed by atoms with Crippen molar-refractivity contribution >= 4 is 22.4 Å². The molecule has 0 fully saturated rings. The van der Waals surface area contributed by atoms with Gasteiger partial charge in [0, 0.05) is 18.0 Å². The Labute approximate surface area is 105 Å². The smallest absolute Gasteiger partial charge is 0.355 e. The molecule has 0 saturated heterocycles. The molecule has 2 N–H and O–H groups in total. The van der Waals surface area contributed by atoms with Gasteiger partial charge in [-0.3, -0.25) is 0 Å². The highest BCUT2D eigenvalue weighted by Gasteiger charge is 2.11. The number of rotatable bonds is 7. The van der Waals surface area contributed by atoms with Crippen molar-refractivity contribution in [1.29, 1.82) is 0 Å². The van der Waals surface area contributed by atoms with Gasteiger partial charge in [-0.2, -0.15) is 0 Å². The Hall–Kier alpha value is -1.14. The third-order valence-corrected chi connectivity index (χ3v) is 3.29. The summed E-state index contributed by atoms with van der Waals surface area (Å²) in [5.74, 6) is -0.981. The molecule has 1 aromatic heterocycles. The number of nitrogens with one attached hydrogen (secondary N) is 1. The molecule has 1 heterocycles. The first kappa shape index (κ1) is 13.9. The minimum Gasteiger partial charge on any atom is -0.476 e. The van der Waals surface area contributed by atoms with E-state index in [1.165, 1.54) is 11.3 Å². The molecule has 0 aliphatic heterocycles. The fourth-order valence-corrected chi connectivity index (χ4v) is 2.36. The average Bonchev–Trinajstić information content (AvgIpc) is 2.74. The van der Waals surface area contributed by atoms with Crippen LogP contribution in [0.5, 0.6) is 0 Å². The summed E-state index contributed by atoms with van der Waals surface area (Å²) in [5.41, 5.74) is 0.104. The maximum absolute atomic E-state index is 10.7. The predicted octanol–water partition coefficient (Wildman–Crippen LogP) is 1.98. The monoisotopic (exact) mass is 257 g/mol. The van der Waals surface area contributed by atoms with Gasteiger partial charge in [-0.25, -0.2) is 9.78 Å². The zero-order valence-electron chi connectivity index (χ0n) is 10.4. The van der Waals surface area contributed by atoms with Crippen LogP contribution in [-0.2, 0) is 0 Å². The summed E-state index contributed by atoms with van der Waals surface area (Å²) in [6.45, 7) is 9.28. The molecule has 17 heavy (non-hydrogen) atoms. The largest absolute Gasteiger partial charge is 0.476 e. The second kappa shape index (κ2) is 6.56. The van der Waals surface area contributed by atoms with Crippen LogP contribution in [0.25, 0.3) is 0 Å². The van der Waals surface area contributed by atoms with Crippen LogP contribution in [0, 0.1) is 0 Å². The lowest BCUT2D eigenvalue weighted by atomic mass is 10.3. The Kier molecular flexibility index (Phi) is 5.37. The molecule has 1 unspecified atom stereocenters. The van der Waals surface area contributed by atoms with E-state index in [9.17, 15) is 4.79 Å². The van der Waals surface area contributed by atoms with Gasteiger partial charge in [-0.15, -0.1) is 11.3 Å². The summed E-state index contributed by atoms with van der Waals surface area (Å²) in [4.78, 5) is 17.0. The quantitative estimate of drug-likeness (QED) is 0.782. The topological polar surface area (TPSA) is 65.5 Å². The fraction of sp³-hybridized carbons (Fsp3) is 0.636. The number of carbonyl (C=O) groups is 1. The predicted molar refractivity (Wildman–Crippen MR) is 69.9 cm³/mol. The van der Waals surface area contributed by atoms with Crippen molar-refractivity contribution in [2.75, 3.05) is 25.0 Å². The summed E-state index contributed by atoms with van der Waals surface area (Å²) >= 11 is 1.33. The number of hydrogen-bond donors (Lipinski definition) is 2. The van der Waals surface area contributed by atoms with Crippen LogP contribution in [0.1, 0.15) is 31.3 Å². The third-order valence-electron chi connectivity index (χ3n) is 2.52. The lowest BCUT2D eigenvalue weighted by molar-refractivity contribution is 0.0691. The fourth-order valence-electron chi connectivity index (χ4n) is 1.56. The highest BCUT2D eigenvalue weighted by molar-refractivity contribution is 7.13. The molecule has 1 aromatic rings. The van der Waals surface area contributed by atoms with Gasteiger partial charge >= 0.3 is 5.97 Å². The first-order valence-electron chi connectivity index (χ1n) is 5.74. The molecule has 0 saturated carbocycles. The Morgan fingerprint density at radius 1 is 1.59 bits per heavy atom. The van der Waals surface area contributed by atoms with E-state index in [2.05, 4.69) is 36.0 Å². The highest BCUT2D eigenvalue weighted by atomic mass is 32.1. The van der Waals surface area contributed by atoms with Gasteiger partial charge in [0.2, 0.25) is 0 Å². The second-order valence-corrected chi connectivity index (χ2v) is 4.73. The second-order valence-electron chi connectivity index (χ2n) is 3.87.